The van der Waals surface area contributed by atoms with Crippen molar-refractivity contribution in [1.29, 1.82) is 0 Å². The van der Waals surface area contributed by atoms with Gasteiger partial charge in [0.05, 0.1) is 10.7 Å². The number of aryl methyl sites for hydroxylation is 1. The third-order valence-electron chi connectivity index (χ3n) is 2.68. The van der Waals surface area contributed by atoms with Gasteiger partial charge in [-0.1, -0.05) is 11.6 Å². The largest absolute Gasteiger partial charge is 0.318 e. The number of rotatable bonds is 2. The maximum Gasteiger partial charge on any atom is 0.256 e. The average Bonchev–Trinajstić information content (AvgIpc) is 2.33. The number of carbonyl (C=O) groups is 1. The highest BCUT2D eigenvalue weighted by molar-refractivity contribution is 6.34. The first-order chi connectivity index (χ1) is 9.38. The Labute approximate surface area is 118 Å². The molecule has 0 atom stereocenters. The fourth-order valence-electron chi connectivity index (χ4n) is 1.72. The lowest BCUT2D eigenvalue weighted by Crippen LogP contribution is -2.15. The van der Waals surface area contributed by atoms with Gasteiger partial charge in [0.25, 0.3) is 5.91 Å². The third-order valence-corrected chi connectivity index (χ3v) is 2.98. The molecule has 1 N–H and O–H groups in total. The Morgan fingerprint density at radius 2 is 1.80 bits per heavy atom. The van der Waals surface area contributed by atoms with Crippen molar-refractivity contribution in [2.75, 3.05) is 5.32 Å². The van der Waals surface area contributed by atoms with Gasteiger partial charge in [0.1, 0.15) is 11.6 Å². The van der Waals surface area contributed by atoms with Crippen LogP contribution in [-0.4, -0.2) is 5.91 Å². The van der Waals surface area contributed by atoms with Gasteiger partial charge in [0.2, 0.25) is 0 Å². The zero-order valence-electron chi connectivity index (χ0n) is 10.3. The van der Waals surface area contributed by atoms with Gasteiger partial charge < -0.3 is 5.32 Å². The molecule has 6 heteroatoms. The highest BCUT2D eigenvalue weighted by Crippen LogP contribution is 2.27. The molecule has 0 aliphatic heterocycles. The molecule has 0 aliphatic rings. The minimum Gasteiger partial charge on any atom is -0.318 e. The van der Waals surface area contributed by atoms with Crippen LogP contribution in [-0.2, 0) is 0 Å². The predicted octanol–water partition coefficient (Wildman–Crippen LogP) is 4.32. The summed E-state index contributed by atoms with van der Waals surface area (Å²) in [6, 6.07) is 5.06. The molecule has 0 radical (unpaired) electrons. The fourth-order valence-corrected chi connectivity index (χ4v) is 1.97. The lowest BCUT2D eigenvalue weighted by atomic mass is 10.1. The van der Waals surface area contributed by atoms with Gasteiger partial charge in [-0.3, -0.25) is 4.79 Å². The van der Waals surface area contributed by atoms with Crippen molar-refractivity contribution in [3.8, 4) is 0 Å². The Bertz CT molecular complexity index is 665. The molecular formula is C14H9ClF3NO. The van der Waals surface area contributed by atoms with E-state index in [1.54, 1.807) is 6.92 Å². The Morgan fingerprint density at radius 3 is 2.40 bits per heavy atom. The molecule has 0 saturated heterocycles. The molecule has 0 aromatic heterocycles. The molecule has 20 heavy (non-hydrogen) atoms. The van der Waals surface area contributed by atoms with E-state index in [0.717, 1.165) is 12.1 Å². The van der Waals surface area contributed by atoms with Crippen LogP contribution in [0.2, 0.25) is 5.02 Å². The van der Waals surface area contributed by atoms with Gasteiger partial charge in [0, 0.05) is 11.6 Å². The lowest BCUT2D eigenvalue weighted by molar-refractivity contribution is 0.102. The monoisotopic (exact) mass is 299 g/mol. The topological polar surface area (TPSA) is 29.1 Å². The van der Waals surface area contributed by atoms with Crippen LogP contribution in [0.3, 0.4) is 0 Å². The first kappa shape index (κ1) is 14.4. The number of nitrogens with one attached hydrogen (secondary N) is 1. The number of halogens is 4. The first-order valence-corrected chi connectivity index (χ1v) is 5.98. The Hall–Kier alpha value is -2.01. The highest BCUT2D eigenvalue weighted by atomic mass is 35.5. The van der Waals surface area contributed by atoms with E-state index in [-0.39, 0.29) is 16.3 Å². The number of anilines is 1. The van der Waals surface area contributed by atoms with Crippen molar-refractivity contribution in [1.82, 2.24) is 0 Å². The molecule has 0 saturated carbocycles. The summed E-state index contributed by atoms with van der Waals surface area (Å²) in [6.45, 7) is 1.54. The summed E-state index contributed by atoms with van der Waals surface area (Å²) in [4.78, 5) is 12.0. The van der Waals surface area contributed by atoms with E-state index >= 15 is 0 Å². The summed E-state index contributed by atoms with van der Waals surface area (Å²) in [5, 5.41) is 1.99. The third kappa shape index (κ3) is 2.93. The Balaban J connectivity index is 2.33. The number of carbonyl (C=O) groups excluding carboxylic acids is 1. The molecule has 0 fully saturated rings. The number of amides is 1. The normalized spacial score (nSPS) is 10.4. The highest BCUT2D eigenvalue weighted by Gasteiger charge is 2.15. The summed E-state index contributed by atoms with van der Waals surface area (Å²) < 4.78 is 39.4. The molecule has 0 bridgehead atoms. The molecule has 0 spiro atoms. The minimum atomic E-state index is -0.983. The fraction of sp³-hybridized carbons (Fsp3) is 0.0714. The molecule has 0 heterocycles. The van der Waals surface area contributed by atoms with Crippen molar-refractivity contribution in [2.24, 2.45) is 0 Å². The smallest absolute Gasteiger partial charge is 0.256 e. The maximum absolute atomic E-state index is 13.6. The van der Waals surface area contributed by atoms with E-state index in [0.29, 0.717) is 11.6 Å². The van der Waals surface area contributed by atoms with Crippen molar-refractivity contribution in [3.63, 3.8) is 0 Å². The standard InChI is InChI=1S/C14H9ClF3NO/c1-7-4-8(16)2-3-10(7)14(20)19-13-11(15)5-9(17)6-12(13)18/h2-6H,1H3,(H,19,20). The SMILES string of the molecule is Cc1cc(F)ccc1C(=O)Nc1c(F)cc(F)cc1Cl. The molecule has 2 aromatic rings. The van der Waals surface area contributed by atoms with Crippen molar-refractivity contribution in [3.05, 3.63) is 63.9 Å². The van der Waals surface area contributed by atoms with E-state index in [2.05, 4.69) is 5.32 Å². The van der Waals surface area contributed by atoms with Gasteiger partial charge in [-0.25, -0.2) is 13.2 Å². The lowest BCUT2D eigenvalue weighted by Gasteiger charge is -2.10. The zero-order chi connectivity index (χ0) is 14.9. The average molecular weight is 300 g/mol. The second-order valence-corrected chi connectivity index (χ2v) is 4.57. The zero-order valence-corrected chi connectivity index (χ0v) is 11.1. The maximum atomic E-state index is 13.6. The number of hydrogen-bond acceptors (Lipinski definition) is 1. The van der Waals surface area contributed by atoms with Gasteiger partial charge in [-0.05, 0) is 36.8 Å². The molecule has 2 nitrogen and oxygen atoms in total. The summed E-state index contributed by atoms with van der Waals surface area (Å²) in [5.41, 5.74) is 0.245. The Kier molecular flexibility index (Phi) is 3.99. The van der Waals surface area contributed by atoms with E-state index in [1.165, 1.54) is 12.1 Å². The molecule has 1 amide bonds. The summed E-state index contributed by atoms with van der Waals surface area (Å²) in [6.07, 6.45) is 0. The summed E-state index contributed by atoms with van der Waals surface area (Å²) in [7, 11) is 0. The summed E-state index contributed by atoms with van der Waals surface area (Å²) in [5.74, 6) is -2.97. The Morgan fingerprint density at radius 1 is 1.10 bits per heavy atom. The van der Waals surface area contributed by atoms with Crippen molar-refractivity contribution < 1.29 is 18.0 Å². The van der Waals surface area contributed by atoms with Gasteiger partial charge in [-0.2, -0.15) is 0 Å². The van der Waals surface area contributed by atoms with Crippen molar-refractivity contribution in [2.45, 2.75) is 6.92 Å². The van der Waals surface area contributed by atoms with Gasteiger partial charge in [-0.15, -0.1) is 0 Å². The molecule has 2 rings (SSSR count). The number of benzene rings is 2. The minimum absolute atomic E-state index is 0.172. The van der Waals surface area contributed by atoms with Gasteiger partial charge in [0.15, 0.2) is 5.82 Å². The summed E-state index contributed by atoms with van der Waals surface area (Å²) >= 11 is 5.68. The van der Waals surface area contributed by atoms with Crippen LogP contribution in [0.5, 0.6) is 0 Å². The van der Waals surface area contributed by atoms with E-state index < -0.39 is 23.4 Å². The molecule has 104 valence electrons. The van der Waals surface area contributed by atoms with Crippen LogP contribution in [0.1, 0.15) is 15.9 Å². The second-order valence-electron chi connectivity index (χ2n) is 4.16. The number of hydrogen-bond donors (Lipinski definition) is 1. The molecule has 0 aliphatic carbocycles. The van der Waals surface area contributed by atoms with E-state index in [1.807, 2.05) is 0 Å². The van der Waals surface area contributed by atoms with E-state index in [9.17, 15) is 18.0 Å². The van der Waals surface area contributed by atoms with Crippen LogP contribution in [0.15, 0.2) is 30.3 Å². The molecule has 2 aromatic carbocycles. The van der Waals surface area contributed by atoms with Crippen LogP contribution in [0.25, 0.3) is 0 Å². The van der Waals surface area contributed by atoms with E-state index in [4.69, 9.17) is 11.6 Å². The predicted molar refractivity (Wildman–Crippen MR) is 70.5 cm³/mol. The molecule has 0 unspecified atom stereocenters. The second kappa shape index (κ2) is 5.54. The van der Waals surface area contributed by atoms with Crippen LogP contribution < -0.4 is 5.32 Å². The van der Waals surface area contributed by atoms with Crippen LogP contribution in [0, 0.1) is 24.4 Å². The van der Waals surface area contributed by atoms with Crippen LogP contribution >= 0.6 is 11.6 Å². The van der Waals surface area contributed by atoms with Gasteiger partial charge >= 0.3 is 0 Å². The molecular weight excluding hydrogens is 291 g/mol. The quantitative estimate of drug-likeness (QED) is 0.879. The van der Waals surface area contributed by atoms with Crippen LogP contribution in [0.4, 0.5) is 18.9 Å². The first-order valence-electron chi connectivity index (χ1n) is 5.60. The van der Waals surface area contributed by atoms with Crippen molar-refractivity contribution >= 4 is 23.2 Å².